The first-order chi connectivity index (χ1) is 12.6. The Morgan fingerprint density at radius 2 is 1.74 bits per heavy atom. The van der Waals surface area contributed by atoms with Gasteiger partial charge in [0.1, 0.15) is 0 Å². The van der Waals surface area contributed by atoms with Gasteiger partial charge in [0, 0.05) is 6.08 Å². The largest absolute Gasteiger partial charge is 0.466 e. The molecule has 0 saturated carbocycles. The van der Waals surface area contributed by atoms with E-state index in [1.54, 1.807) is 13.0 Å². The van der Waals surface area contributed by atoms with E-state index in [2.05, 4.69) is 37.7 Å². The predicted octanol–water partition coefficient (Wildman–Crippen LogP) is 5.23. The smallest absolute Gasteiger partial charge is 0.338 e. The summed E-state index contributed by atoms with van der Waals surface area (Å²) >= 11 is 0. The van der Waals surface area contributed by atoms with Gasteiger partial charge in [-0.15, -0.1) is 0 Å². The molecule has 0 spiro atoms. The maximum atomic E-state index is 12.0. The van der Waals surface area contributed by atoms with Gasteiger partial charge in [0.15, 0.2) is 0 Å². The average molecular weight is 373 g/mol. The van der Waals surface area contributed by atoms with Crippen LogP contribution in [0.4, 0.5) is 0 Å². The molecule has 0 aliphatic heterocycles. The number of carbonyl (C=O) groups is 2. The van der Waals surface area contributed by atoms with Gasteiger partial charge in [-0.05, 0) is 62.7 Å². The fourth-order valence-corrected chi connectivity index (χ4v) is 3.28. The first-order valence-corrected chi connectivity index (χ1v) is 9.24. The zero-order valence-electron chi connectivity index (χ0n) is 17.6. The minimum Gasteiger partial charge on any atom is -0.466 e. The molecule has 0 unspecified atom stereocenters. The van der Waals surface area contributed by atoms with Gasteiger partial charge >= 0.3 is 11.9 Å². The standard InChI is InChI=1S/C23H32O4/c1-16(11-13-20-17(2)9-8-14-23(20,4)5)10-12-19(22(25)27-7)18(3)15-21(24)26-6/h10-13,15H,8-9,14H2,1-7H3/b13-11+,16-10+,18-15-,19-12+. The van der Waals surface area contributed by atoms with Crippen LogP contribution >= 0.6 is 0 Å². The molecule has 1 aliphatic carbocycles. The van der Waals surface area contributed by atoms with Crippen molar-refractivity contribution in [1.82, 2.24) is 0 Å². The van der Waals surface area contributed by atoms with Crippen LogP contribution in [0.2, 0.25) is 0 Å². The Hall–Kier alpha value is -2.36. The molecule has 0 saturated heterocycles. The molecule has 0 aromatic heterocycles. The molecule has 0 aromatic rings. The van der Waals surface area contributed by atoms with Crippen molar-refractivity contribution in [3.8, 4) is 0 Å². The Balaban J connectivity index is 3.12. The molecule has 0 N–H and O–H groups in total. The second-order valence-electron chi connectivity index (χ2n) is 7.60. The van der Waals surface area contributed by atoms with Crippen molar-refractivity contribution in [2.45, 2.75) is 53.9 Å². The summed E-state index contributed by atoms with van der Waals surface area (Å²) in [4.78, 5) is 23.5. The van der Waals surface area contributed by atoms with E-state index >= 15 is 0 Å². The Kier molecular flexibility index (Phi) is 8.48. The van der Waals surface area contributed by atoms with Crippen molar-refractivity contribution in [1.29, 1.82) is 0 Å². The molecule has 4 nitrogen and oxygen atoms in total. The summed E-state index contributed by atoms with van der Waals surface area (Å²) in [5.74, 6) is -1.00. The van der Waals surface area contributed by atoms with Crippen molar-refractivity contribution in [3.63, 3.8) is 0 Å². The van der Waals surface area contributed by atoms with Gasteiger partial charge in [-0.3, -0.25) is 0 Å². The van der Waals surface area contributed by atoms with Crippen LogP contribution < -0.4 is 0 Å². The lowest BCUT2D eigenvalue weighted by Crippen LogP contribution is -2.19. The molecule has 0 aromatic carbocycles. The lowest BCUT2D eigenvalue weighted by atomic mass is 9.72. The molecule has 1 aliphatic rings. The number of hydrogen-bond donors (Lipinski definition) is 0. The number of allylic oxidation sites excluding steroid dienone is 7. The first kappa shape index (κ1) is 22.7. The number of ether oxygens (including phenoxy) is 2. The molecule has 4 heteroatoms. The van der Waals surface area contributed by atoms with Crippen LogP contribution in [0, 0.1) is 5.41 Å². The van der Waals surface area contributed by atoms with Gasteiger partial charge in [0.2, 0.25) is 0 Å². The minimum absolute atomic E-state index is 0.186. The van der Waals surface area contributed by atoms with Crippen LogP contribution in [0.5, 0.6) is 0 Å². The second-order valence-corrected chi connectivity index (χ2v) is 7.60. The summed E-state index contributed by atoms with van der Waals surface area (Å²) in [6.07, 6.45) is 12.6. The number of hydrogen-bond acceptors (Lipinski definition) is 4. The topological polar surface area (TPSA) is 52.6 Å². The summed E-state index contributed by atoms with van der Waals surface area (Å²) in [5, 5.41) is 0. The minimum atomic E-state index is -0.509. The van der Waals surface area contributed by atoms with Gasteiger partial charge < -0.3 is 9.47 Å². The van der Waals surface area contributed by atoms with Gasteiger partial charge in [-0.25, -0.2) is 9.59 Å². The summed E-state index contributed by atoms with van der Waals surface area (Å²) < 4.78 is 9.44. The molecule has 1 rings (SSSR count). The van der Waals surface area contributed by atoms with Crippen LogP contribution in [-0.4, -0.2) is 26.2 Å². The number of rotatable bonds is 6. The zero-order valence-corrected chi connectivity index (χ0v) is 17.6. The predicted molar refractivity (Wildman–Crippen MR) is 109 cm³/mol. The summed E-state index contributed by atoms with van der Waals surface area (Å²) in [5.41, 5.74) is 4.84. The Morgan fingerprint density at radius 1 is 1.07 bits per heavy atom. The lowest BCUT2D eigenvalue weighted by Gasteiger charge is -2.32. The van der Waals surface area contributed by atoms with E-state index in [0.29, 0.717) is 11.1 Å². The van der Waals surface area contributed by atoms with Gasteiger partial charge in [-0.1, -0.05) is 43.2 Å². The molecular formula is C23H32O4. The summed E-state index contributed by atoms with van der Waals surface area (Å²) in [7, 11) is 2.62. The highest BCUT2D eigenvalue weighted by Crippen LogP contribution is 2.40. The van der Waals surface area contributed by atoms with E-state index in [4.69, 9.17) is 4.74 Å². The highest BCUT2D eigenvalue weighted by atomic mass is 16.5. The van der Waals surface area contributed by atoms with E-state index in [1.807, 2.05) is 13.0 Å². The molecule has 0 atom stereocenters. The van der Waals surface area contributed by atoms with Crippen molar-refractivity contribution < 1.29 is 19.1 Å². The van der Waals surface area contributed by atoms with E-state index in [0.717, 1.165) is 12.0 Å². The summed E-state index contributed by atoms with van der Waals surface area (Å²) in [6, 6.07) is 0. The summed E-state index contributed by atoms with van der Waals surface area (Å²) in [6.45, 7) is 10.4. The second kappa shape index (κ2) is 10.1. The molecule has 0 bridgehead atoms. The Bertz CT molecular complexity index is 727. The van der Waals surface area contributed by atoms with Gasteiger partial charge in [-0.2, -0.15) is 0 Å². The number of esters is 2. The fraction of sp³-hybridized carbons (Fsp3) is 0.478. The maximum absolute atomic E-state index is 12.0. The van der Waals surface area contributed by atoms with Crippen molar-refractivity contribution in [2.24, 2.45) is 5.41 Å². The fourth-order valence-electron chi connectivity index (χ4n) is 3.28. The lowest BCUT2D eigenvalue weighted by molar-refractivity contribution is -0.135. The molecule has 0 amide bonds. The molecule has 148 valence electrons. The van der Waals surface area contributed by atoms with Gasteiger partial charge in [0.05, 0.1) is 19.8 Å². The van der Waals surface area contributed by atoms with Crippen molar-refractivity contribution >= 4 is 11.9 Å². The maximum Gasteiger partial charge on any atom is 0.338 e. The molecule has 27 heavy (non-hydrogen) atoms. The van der Waals surface area contributed by atoms with E-state index in [9.17, 15) is 9.59 Å². The molecular weight excluding hydrogens is 340 g/mol. The zero-order chi connectivity index (χ0) is 20.6. The van der Waals surface area contributed by atoms with Crippen LogP contribution in [-0.2, 0) is 19.1 Å². The molecule has 0 heterocycles. The highest BCUT2D eigenvalue weighted by molar-refractivity contribution is 5.96. The monoisotopic (exact) mass is 372 g/mol. The third kappa shape index (κ3) is 6.70. The average Bonchev–Trinajstić information content (AvgIpc) is 2.60. The normalized spacial score (nSPS) is 18.7. The third-order valence-corrected chi connectivity index (χ3v) is 4.93. The Morgan fingerprint density at radius 3 is 2.30 bits per heavy atom. The SMILES string of the molecule is COC(=O)\C=C(C)/C(=C\C=C(C)\C=C\C1=C(C)CCCC1(C)C)C(=O)OC. The number of methoxy groups -OCH3 is 2. The van der Waals surface area contributed by atoms with Crippen LogP contribution in [0.15, 0.2) is 58.2 Å². The van der Waals surface area contributed by atoms with Crippen LogP contribution in [0.25, 0.3) is 0 Å². The molecule has 0 fully saturated rings. The van der Waals surface area contributed by atoms with E-state index in [1.165, 1.54) is 44.3 Å². The van der Waals surface area contributed by atoms with Crippen LogP contribution in [0.3, 0.4) is 0 Å². The molecule has 0 radical (unpaired) electrons. The quantitative estimate of drug-likeness (QED) is 0.364. The van der Waals surface area contributed by atoms with Crippen molar-refractivity contribution in [2.75, 3.05) is 14.2 Å². The van der Waals surface area contributed by atoms with E-state index < -0.39 is 11.9 Å². The van der Waals surface area contributed by atoms with Crippen molar-refractivity contribution in [3.05, 3.63) is 58.2 Å². The van der Waals surface area contributed by atoms with Gasteiger partial charge in [0.25, 0.3) is 0 Å². The Labute approximate surface area is 163 Å². The highest BCUT2D eigenvalue weighted by Gasteiger charge is 2.26. The number of carbonyl (C=O) groups excluding carboxylic acids is 2. The first-order valence-electron chi connectivity index (χ1n) is 9.24. The third-order valence-electron chi connectivity index (χ3n) is 4.93. The van der Waals surface area contributed by atoms with Crippen LogP contribution in [0.1, 0.15) is 53.9 Å². The van der Waals surface area contributed by atoms with E-state index in [-0.39, 0.29) is 5.41 Å².